The lowest BCUT2D eigenvalue weighted by Crippen LogP contribution is -2.27. The van der Waals surface area contributed by atoms with Gasteiger partial charge >= 0.3 is 0 Å². The topological polar surface area (TPSA) is 47.8 Å². The largest absolute Gasteiger partial charge is 0.278 e. The smallest absolute Gasteiger partial charge is 0.267 e. The lowest BCUT2D eigenvalue weighted by atomic mass is 9.72. The van der Waals surface area contributed by atoms with E-state index in [1.165, 1.54) is 15.1 Å². The van der Waals surface area contributed by atoms with Crippen LogP contribution in [0.25, 0.3) is 10.2 Å². The Kier molecular flexibility index (Phi) is 2.78. The molecule has 0 saturated carbocycles. The molecule has 2 aromatic rings. The maximum Gasteiger partial charge on any atom is 0.278 e. The molecule has 4 nitrogen and oxygen atoms in total. The highest BCUT2D eigenvalue weighted by molar-refractivity contribution is 7.18. The van der Waals surface area contributed by atoms with Crippen molar-refractivity contribution in [2.24, 2.45) is 18.4 Å². The third kappa shape index (κ3) is 2.00. The van der Waals surface area contributed by atoms with E-state index < -0.39 is 0 Å². The van der Waals surface area contributed by atoms with Gasteiger partial charge in [0.05, 0.1) is 5.39 Å². The molecule has 0 aromatic carbocycles. The summed E-state index contributed by atoms with van der Waals surface area (Å²) in [5, 5.41) is 8.86. The minimum Gasteiger partial charge on any atom is -0.267 e. The zero-order chi connectivity index (χ0) is 13.8. The van der Waals surface area contributed by atoms with Gasteiger partial charge in [-0.15, -0.1) is 16.4 Å². The van der Waals surface area contributed by atoms with Crippen LogP contribution in [0.5, 0.6) is 0 Å². The molecule has 2 heterocycles. The summed E-state index contributed by atoms with van der Waals surface area (Å²) in [5.74, 6) is 0.685. The molecule has 0 saturated heterocycles. The van der Waals surface area contributed by atoms with E-state index in [0.29, 0.717) is 11.3 Å². The normalized spacial score (nSPS) is 19.7. The van der Waals surface area contributed by atoms with Crippen molar-refractivity contribution in [3.8, 4) is 0 Å². The Bertz CT molecular complexity index is 693. The molecule has 0 bridgehead atoms. The van der Waals surface area contributed by atoms with Gasteiger partial charge in [0, 0.05) is 11.9 Å². The molecular weight excluding hydrogens is 258 g/mol. The third-order valence-corrected chi connectivity index (χ3v) is 5.39. The van der Waals surface area contributed by atoms with Crippen molar-refractivity contribution in [3.05, 3.63) is 20.8 Å². The molecule has 0 fully saturated rings. The molecule has 102 valence electrons. The minimum atomic E-state index is -0.00305. The number of rotatable bonds is 0. The van der Waals surface area contributed by atoms with Crippen molar-refractivity contribution in [3.63, 3.8) is 0 Å². The summed E-state index contributed by atoms with van der Waals surface area (Å²) in [5.41, 5.74) is 1.55. The van der Waals surface area contributed by atoms with Crippen LogP contribution in [0.2, 0.25) is 0 Å². The van der Waals surface area contributed by atoms with Crippen LogP contribution < -0.4 is 5.56 Å². The van der Waals surface area contributed by atoms with E-state index in [2.05, 4.69) is 31.1 Å². The number of aryl methyl sites for hydroxylation is 2. The van der Waals surface area contributed by atoms with E-state index in [9.17, 15) is 4.79 Å². The first-order chi connectivity index (χ1) is 8.88. The number of aromatic nitrogens is 3. The molecule has 19 heavy (non-hydrogen) atoms. The molecule has 0 N–H and O–H groups in total. The first kappa shape index (κ1) is 12.8. The van der Waals surface area contributed by atoms with Crippen molar-refractivity contribution in [1.29, 1.82) is 0 Å². The Balaban J connectivity index is 2.14. The van der Waals surface area contributed by atoms with E-state index in [0.717, 1.165) is 29.5 Å². The predicted octanol–water partition coefficient (Wildman–Crippen LogP) is 2.54. The van der Waals surface area contributed by atoms with Gasteiger partial charge in [0.25, 0.3) is 5.56 Å². The van der Waals surface area contributed by atoms with Crippen LogP contribution in [0.4, 0.5) is 0 Å². The first-order valence-corrected chi connectivity index (χ1v) is 7.54. The second-order valence-electron chi connectivity index (χ2n) is 6.51. The molecule has 0 amide bonds. The van der Waals surface area contributed by atoms with Crippen molar-refractivity contribution in [1.82, 2.24) is 15.0 Å². The fourth-order valence-corrected chi connectivity index (χ4v) is 4.15. The average molecular weight is 277 g/mol. The molecule has 2 aromatic heterocycles. The van der Waals surface area contributed by atoms with Crippen molar-refractivity contribution < 1.29 is 0 Å². The maximum absolute atomic E-state index is 12.2. The molecule has 0 aliphatic heterocycles. The van der Waals surface area contributed by atoms with E-state index in [1.54, 1.807) is 18.4 Å². The second-order valence-corrected chi connectivity index (χ2v) is 7.59. The number of hydrogen-bond acceptors (Lipinski definition) is 4. The lowest BCUT2D eigenvalue weighted by Gasteiger charge is -2.33. The highest BCUT2D eigenvalue weighted by atomic mass is 32.1. The zero-order valence-electron chi connectivity index (χ0n) is 11.9. The monoisotopic (exact) mass is 277 g/mol. The third-order valence-electron chi connectivity index (χ3n) is 4.25. The first-order valence-electron chi connectivity index (χ1n) is 6.72. The highest BCUT2D eigenvalue weighted by Gasteiger charge is 2.31. The van der Waals surface area contributed by atoms with Gasteiger partial charge < -0.3 is 0 Å². The Morgan fingerprint density at radius 2 is 2.11 bits per heavy atom. The van der Waals surface area contributed by atoms with Gasteiger partial charge in [-0.25, -0.2) is 4.68 Å². The molecule has 0 spiro atoms. The van der Waals surface area contributed by atoms with Gasteiger partial charge in [-0.05, 0) is 36.2 Å². The SMILES string of the molecule is Cn1nnc2sc3c(c2c1=O)CC[C@@H](C(C)(C)C)C3. The fourth-order valence-electron chi connectivity index (χ4n) is 2.91. The van der Waals surface area contributed by atoms with Gasteiger partial charge in [0.1, 0.15) is 0 Å². The lowest BCUT2D eigenvalue weighted by molar-refractivity contribution is 0.218. The Hall–Kier alpha value is -1.23. The summed E-state index contributed by atoms with van der Waals surface area (Å²) in [6.07, 6.45) is 3.23. The number of nitrogens with zero attached hydrogens (tertiary/aromatic N) is 3. The van der Waals surface area contributed by atoms with Gasteiger partial charge in [0.2, 0.25) is 0 Å². The van der Waals surface area contributed by atoms with E-state index in [-0.39, 0.29) is 5.56 Å². The van der Waals surface area contributed by atoms with Crippen LogP contribution in [0.15, 0.2) is 4.79 Å². The van der Waals surface area contributed by atoms with Crippen molar-refractivity contribution in [2.45, 2.75) is 40.0 Å². The average Bonchev–Trinajstić information content (AvgIpc) is 2.70. The molecule has 0 radical (unpaired) electrons. The van der Waals surface area contributed by atoms with E-state index in [4.69, 9.17) is 0 Å². The van der Waals surface area contributed by atoms with Crippen molar-refractivity contribution in [2.75, 3.05) is 0 Å². The van der Waals surface area contributed by atoms with Gasteiger partial charge in [-0.2, -0.15) is 0 Å². The summed E-state index contributed by atoms with van der Waals surface area (Å²) in [4.78, 5) is 14.4. The molecule has 1 aliphatic carbocycles. The van der Waals surface area contributed by atoms with E-state index >= 15 is 0 Å². The van der Waals surface area contributed by atoms with Crippen LogP contribution in [-0.4, -0.2) is 15.0 Å². The summed E-state index contributed by atoms with van der Waals surface area (Å²) >= 11 is 1.66. The van der Waals surface area contributed by atoms with Gasteiger partial charge in [-0.1, -0.05) is 26.0 Å². The van der Waals surface area contributed by atoms with Gasteiger partial charge in [0.15, 0.2) is 4.83 Å². The van der Waals surface area contributed by atoms with Crippen molar-refractivity contribution >= 4 is 21.6 Å². The Morgan fingerprint density at radius 3 is 2.79 bits per heavy atom. The Labute approximate surface area is 116 Å². The van der Waals surface area contributed by atoms with Crippen LogP contribution in [-0.2, 0) is 19.9 Å². The molecule has 0 unspecified atom stereocenters. The van der Waals surface area contributed by atoms with Crippen LogP contribution in [0.1, 0.15) is 37.6 Å². The Morgan fingerprint density at radius 1 is 1.37 bits per heavy atom. The number of fused-ring (bicyclic) bond motifs is 3. The van der Waals surface area contributed by atoms with Crippen LogP contribution in [0.3, 0.4) is 0 Å². The quantitative estimate of drug-likeness (QED) is 0.743. The van der Waals surface area contributed by atoms with Gasteiger partial charge in [-0.3, -0.25) is 4.79 Å². The zero-order valence-corrected chi connectivity index (χ0v) is 12.7. The fraction of sp³-hybridized carbons (Fsp3) is 0.643. The summed E-state index contributed by atoms with van der Waals surface area (Å²) in [6, 6.07) is 0. The minimum absolute atomic E-state index is 0.00305. The predicted molar refractivity (Wildman–Crippen MR) is 77.6 cm³/mol. The number of hydrogen-bond donors (Lipinski definition) is 0. The standard InChI is InChI=1S/C14H19N3OS/c1-14(2,3)8-5-6-9-10(7-8)19-12-11(9)13(18)17(4)16-15-12/h8H,5-7H2,1-4H3/t8-/m1/s1. The molecule has 5 heteroatoms. The summed E-state index contributed by atoms with van der Waals surface area (Å²) in [7, 11) is 1.67. The van der Waals surface area contributed by atoms with Crippen LogP contribution in [0, 0.1) is 11.3 Å². The molecule has 3 rings (SSSR count). The highest BCUT2D eigenvalue weighted by Crippen LogP contribution is 2.41. The van der Waals surface area contributed by atoms with Crippen LogP contribution >= 0.6 is 11.3 Å². The molecule has 1 aliphatic rings. The van der Waals surface area contributed by atoms with E-state index in [1.807, 2.05) is 0 Å². The summed E-state index contributed by atoms with van der Waals surface area (Å²) < 4.78 is 1.34. The molecular formula is C14H19N3OS. The number of thiophene rings is 1. The molecule has 1 atom stereocenters. The second kappa shape index (κ2) is 4.13. The maximum atomic E-state index is 12.2. The summed E-state index contributed by atoms with van der Waals surface area (Å²) in [6.45, 7) is 6.90.